The Bertz CT molecular complexity index is 381. The van der Waals surface area contributed by atoms with Crippen molar-refractivity contribution in [3.63, 3.8) is 0 Å². The molecule has 0 saturated carbocycles. The first-order valence-electron chi connectivity index (χ1n) is 6.56. The fraction of sp³-hybridized carbons (Fsp3) is 0.438. The Morgan fingerprint density at radius 3 is 2.50 bits per heavy atom. The zero-order chi connectivity index (χ0) is 13.4. The maximum absolute atomic E-state index is 11.9. The second-order valence-electron chi connectivity index (χ2n) is 4.60. The zero-order valence-corrected chi connectivity index (χ0v) is 11.3. The standard InChI is InChI=1S/C16H22O2/c1-4-5-7-12-15(13(2)3)18-16(17)14-10-8-6-9-11-14/h6,8-11,15H,2,4-5,7,12H2,1,3H3/t15-/m0/s1. The van der Waals surface area contributed by atoms with Crippen LogP contribution in [0.15, 0.2) is 42.5 Å². The van der Waals surface area contributed by atoms with Gasteiger partial charge in [-0.05, 0) is 37.5 Å². The number of esters is 1. The van der Waals surface area contributed by atoms with Gasteiger partial charge in [0.1, 0.15) is 6.10 Å². The second kappa shape index (κ2) is 7.70. The summed E-state index contributed by atoms with van der Waals surface area (Å²) < 4.78 is 5.51. The Labute approximate surface area is 110 Å². The lowest BCUT2D eigenvalue weighted by molar-refractivity contribution is 0.0355. The van der Waals surface area contributed by atoms with Crippen molar-refractivity contribution in [2.75, 3.05) is 0 Å². The molecule has 0 aromatic heterocycles. The number of rotatable bonds is 7. The molecule has 2 nitrogen and oxygen atoms in total. The van der Waals surface area contributed by atoms with E-state index in [2.05, 4.69) is 13.5 Å². The van der Waals surface area contributed by atoms with Crippen LogP contribution >= 0.6 is 0 Å². The Morgan fingerprint density at radius 2 is 1.94 bits per heavy atom. The summed E-state index contributed by atoms with van der Waals surface area (Å²) in [7, 11) is 0. The van der Waals surface area contributed by atoms with Gasteiger partial charge in [-0.1, -0.05) is 44.5 Å². The van der Waals surface area contributed by atoms with Crippen molar-refractivity contribution in [3.8, 4) is 0 Å². The van der Waals surface area contributed by atoms with Crippen LogP contribution in [-0.2, 0) is 4.74 Å². The van der Waals surface area contributed by atoms with Gasteiger partial charge in [-0.2, -0.15) is 0 Å². The van der Waals surface area contributed by atoms with Gasteiger partial charge in [0.2, 0.25) is 0 Å². The molecule has 0 spiro atoms. The molecular formula is C16H22O2. The highest BCUT2D eigenvalue weighted by Gasteiger charge is 2.15. The largest absolute Gasteiger partial charge is 0.454 e. The van der Waals surface area contributed by atoms with Gasteiger partial charge in [0.05, 0.1) is 5.56 Å². The van der Waals surface area contributed by atoms with Crippen LogP contribution in [0.2, 0.25) is 0 Å². The SMILES string of the molecule is C=C(C)[C@H](CCCCC)OC(=O)c1ccccc1. The molecule has 0 unspecified atom stereocenters. The van der Waals surface area contributed by atoms with Crippen LogP contribution in [0.4, 0.5) is 0 Å². The fourth-order valence-electron chi connectivity index (χ4n) is 1.76. The van der Waals surface area contributed by atoms with Gasteiger partial charge in [-0.15, -0.1) is 0 Å². The minimum Gasteiger partial charge on any atom is -0.454 e. The number of hydrogen-bond donors (Lipinski definition) is 0. The monoisotopic (exact) mass is 246 g/mol. The van der Waals surface area contributed by atoms with Gasteiger partial charge in [0, 0.05) is 0 Å². The molecule has 1 aromatic rings. The van der Waals surface area contributed by atoms with Crippen LogP contribution < -0.4 is 0 Å². The highest BCUT2D eigenvalue weighted by atomic mass is 16.5. The highest BCUT2D eigenvalue weighted by molar-refractivity contribution is 5.89. The number of unbranched alkanes of at least 4 members (excludes halogenated alkanes) is 2. The van der Waals surface area contributed by atoms with Crippen LogP contribution in [0.3, 0.4) is 0 Å². The van der Waals surface area contributed by atoms with Crippen molar-refractivity contribution < 1.29 is 9.53 Å². The van der Waals surface area contributed by atoms with Gasteiger partial charge >= 0.3 is 5.97 Å². The predicted octanol–water partition coefficient (Wildman–Crippen LogP) is 4.37. The first-order chi connectivity index (χ1) is 8.65. The van der Waals surface area contributed by atoms with E-state index >= 15 is 0 Å². The van der Waals surface area contributed by atoms with Crippen molar-refractivity contribution in [3.05, 3.63) is 48.0 Å². The molecule has 0 fully saturated rings. The van der Waals surface area contributed by atoms with Gasteiger partial charge in [0.25, 0.3) is 0 Å². The average molecular weight is 246 g/mol. The normalized spacial score (nSPS) is 11.9. The number of carbonyl (C=O) groups is 1. The first-order valence-corrected chi connectivity index (χ1v) is 6.56. The Hall–Kier alpha value is -1.57. The molecular weight excluding hydrogens is 224 g/mol. The molecule has 1 rings (SSSR count). The number of hydrogen-bond acceptors (Lipinski definition) is 2. The van der Waals surface area contributed by atoms with E-state index in [4.69, 9.17) is 4.74 Å². The van der Waals surface area contributed by atoms with Crippen molar-refractivity contribution >= 4 is 5.97 Å². The Balaban J connectivity index is 2.55. The molecule has 0 bridgehead atoms. The maximum Gasteiger partial charge on any atom is 0.338 e. The van der Waals surface area contributed by atoms with E-state index in [9.17, 15) is 4.79 Å². The maximum atomic E-state index is 11.9. The summed E-state index contributed by atoms with van der Waals surface area (Å²) in [6.07, 6.45) is 4.09. The number of ether oxygens (including phenoxy) is 1. The quantitative estimate of drug-likeness (QED) is 0.406. The van der Waals surface area contributed by atoms with Gasteiger partial charge in [-0.25, -0.2) is 4.79 Å². The van der Waals surface area contributed by atoms with Crippen LogP contribution in [0.1, 0.15) is 49.9 Å². The van der Waals surface area contributed by atoms with E-state index < -0.39 is 0 Å². The van der Waals surface area contributed by atoms with Crippen LogP contribution in [0.25, 0.3) is 0 Å². The lowest BCUT2D eigenvalue weighted by Crippen LogP contribution is -2.19. The summed E-state index contributed by atoms with van der Waals surface area (Å²) in [5.74, 6) is -0.264. The first kappa shape index (κ1) is 14.5. The molecule has 0 amide bonds. The van der Waals surface area contributed by atoms with Gasteiger partial charge in [-0.3, -0.25) is 0 Å². The molecule has 0 N–H and O–H groups in total. The van der Waals surface area contributed by atoms with Crippen molar-refractivity contribution in [1.82, 2.24) is 0 Å². The summed E-state index contributed by atoms with van der Waals surface area (Å²) in [4.78, 5) is 11.9. The summed E-state index contributed by atoms with van der Waals surface area (Å²) in [5.41, 5.74) is 1.51. The van der Waals surface area contributed by atoms with Crippen molar-refractivity contribution in [1.29, 1.82) is 0 Å². The van der Waals surface area contributed by atoms with E-state index in [0.717, 1.165) is 31.3 Å². The van der Waals surface area contributed by atoms with E-state index in [0.29, 0.717) is 5.56 Å². The van der Waals surface area contributed by atoms with E-state index in [1.54, 1.807) is 12.1 Å². The molecule has 0 radical (unpaired) electrons. The average Bonchev–Trinajstić information content (AvgIpc) is 2.38. The molecule has 2 heteroatoms. The molecule has 0 heterocycles. The Morgan fingerprint density at radius 1 is 1.28 bits per heavy atom. The molecule has 98 valence electrons. The molecule has 0 aliphatic carbocycles. The topological polar surface area (TPSA) is 26.3 Å². The molecule has 0 saturated heterocycles. The summed E-state index contributed by atoms with van der Waals surface area (Å²) in [6, 6.07) is 9.09. The third-order valence-corrected chi connectivity index (χ3v) is 2.88. The minimum atomic E-state index is -0.264. The van der Waals surface area contributed by atoms with Crippen molar-refractivity contribution in [2.45, 2.75) is 45.6 Å². The summed E-state index contributed by atoms with van der Waals surface area (Å²) >= 11 is 0. The molecule has 1 atom stereocenters. The van der Waals surface area contributed by atoms with Gasteiger partial charge < -0.3 is 4.74 Å². The van der Waals surface area contributed by atoms with Crippen LogP contribution in [-0.4, -0.2) is 12.1 Å². The van der Waals surface area contributed by atoms with Gasteiger partial charge in [0.15, 0.2) is 0 Å². The van der Waals surface area contributed by atoms with Crippen LogP contribution in [0.5, 0.6) is 0 Å². The summed E-state index contributed by atoms with van der Waals surface area (Å²) in [6.45, 7) is 7.97. The fourth-order valence-corrected chi connectivity index (χ4v) is 1.76. The molecule has 18 heavy (non-hydrogen) atoms. The lowest BCUT2D eigenvalue weighted by Gasteiger charge is -2.18. The number of benzene rings is 1. The molecule has 0 aliphatic rings. The van der Waals surface area contributed by atoms with Crippen molar-refractivity contribution in [2.24, 2.45) is 0 Å². The molecule has 0 aliphatic heterocycles. The number of carbonyl (C=O) groups excluding carboxylic acids is 1. The smallest absolute Gasteiger partial charge is 0.338 e. The third kappa shape index (κ3) is 4.74. The Kier molecular flexibility index (Phi) is 6.20. The second-order valence-corrected chi connectivity index (χ2v) is 4.60. The highest BCUT2D eigenvalue weighted by Crippen LogP contribution is 2.15. The van der Waals surface area contributed by atoms with E-state index in [-0.39, 0.29) is 12.1 Å². The molecule has 1 aromatic carbocycles. The predicted molar refractivity (Wildman–Crippen MR) is 74.6 cm³/mol. The lowest BCUT2D eigenvalue weighted by atomic mass is 10.1. The van der Waals surface area contributed by atoms with Crippen LogP contribution in [0, 0.1) is 0 Å². The summed E-state index contributed by atoms with van der Waals surface area (Å²) in [5, 5.41) is 0. The minimum absolute atomic E-state index is 0.163. The third-order valence-electron chi connectivity index (χ3n) is 2.88. The van der Waals surface area contributed by atoms with E-state index in [1.165, 1.54) is 0 Å². The van der Waals surface area contributed by atoms with E-state index in [1.807, 2.05) is 25.1 Å². The zero-order valence-electron chi connectivity index (χ0n) is 11.3.